The van der Waals surface area contributed by atoms with Crippen LogP contribution >= 0.6 is 0 Å². The summed E-state index contributed by atoms with van der Waals surface area (Å²) in [5.74, 6) is -0.924. The van der Waals surface area contributed by atoms with E-state index in [9.17, 15) is 9.59 Å². The molecule has 6 N–H and O–H groups in total. The lowest BCUT2D eigenvalue weighted by atomic mass is 9.83. The maximum atomic E-state index is 10.3. The molecule has 0 radical (unpaired) electrons. The van der Waals surface area contributed by atoms with Crippen molar-refractivity contribution in [1.82, 2.24) is 0 Å². The van der Waals surface area contributed by atoms with Gasteiger partial charge in [-0.1, -0.05) is 27.2 Å². The third kappa shape index (κ3) is 18.8. The maximum absolute atomic E-state index is 10.3. The van der Waals surface area contributed by atoms with Gasteiger partial charge < -0.3 is 21.7 Å². The van der Waals surface area contributed by atoms with Crippen LogP contribution in [-0.2, 0) is 9.59 Å². The van der Waals surface area contributed by atoms with Crippen molar-refractivity contribution in [2.45, 2.75) is 72.1 Å². The summed E-state index contributed by atoms with van der Waals surface area (Å²) in [6.07, 6.45) is 6.01. The quantitative estimate of drug-likeness (QED) is 0.435. The lowest BCUT2D eigenvalue weighted by molar-refractivity contribution is -0.138. The predicted molar refractivity (Wildman–Crippen MR) is 93.3 cm³/mol. The molecular formula is C17H36N2O4. The van der Waals surface area contributed by atoms with Gasteiger partial charge in [-0.25, -0.2) is 0 Å². The third-order valence-electron chi connectivity index (χ3n) is 3.99. The number of hydrogen-bond donors (Lipinski definition) is 4. The van der Waals surface area contributed by atoms with E-state index in [1.807, 2.05) is 0 Å². The van der Waals surface area contributed by atoms with E-state index in [-0.39, 0.29) is 18.3 Å². The fraction of sp³-hybridized carbons (Fsp3) is 0.882. The summed E-state index contributed by atoms with van der Waals surface area (Å²) < 4.78 is 0. The van der Waals surface area contributed by atoms with Crippen LogP contribution in [0.25, 0.3) is 0 Å². The minimum atomic E-state index is -0.712. The number of carbonyl (C=O) groups is 2. The van der Waals surface area contributed by atoms with Gasteiger partial charge in [0.1, 0.15) is 0 Å². The van der Waals surface area contributed by atoms with Gasteiger partial charge in [0.25, 0.3) is 0 Å². The molecule has 0 rings (SSSR count). The van der Waals surface area contributed by atoms with Crippen molar-refractivity contribution in [3.63, 3.8) is 0 Å². The van der Waals surface area contributed by atoms with E-state index >= 15 is 0 Å². The Morgan fingerprint density at radius 3 is 1.91 bits per heavy atom. The molecule has 1 unspecified atom stereocenters. The highest BCUT2D eigenvalue weighted by Gasteiger charge is 2.18. The molecule has 0 saturated heterocycles. The van der Waals surface area contributed by atoms with Crippen molar-refractivity contribution in [1.29, 1.82) is 0 Å². The SMILES string of the molecule is CC(C)(CCCN)CCC(=O)O.CCC(CCN)CCC(=O)O. The summed E-state index contributed by atoms with van der Waals surface area (Å²) in [6, 6.07) is 0. The van der Waals surface area contributed by atoms with Gasteiger partial charge in [0, 0.05) is 12.8 Å². The standard InChI is InChI=1S/C9H19NO2.C8H17NO2/c1-9(2,5-3-7-10)6-4-8(11)12;1-2-7(5-6-9)3-4-8(10)11/h3-7,10H2,1-2H3,(H,11,12);7H,2-6,9H2,1H3,(H,10,11). The molecule has 6 nitrogen and oxygen atoms in total. The van der Waals surface area contributed by atoms with E-state index in [0.717, 1.165) is 38.5 Å². The Morgan fingerprint density at radius 1 is 0.957 bits per heavy atom. The zero-order chi connectivity index (χ0) is 18.3. The summed E-state index contributed by atoms with van der Waals surface area (Å²) in [5, 5.41) is 16.9. The van der Waals surface area contributed by atoms with Gasteiger partial charge in [0.15, 0.2) is 0 Å². The van der Waals surface area contributed by atoms with Crippen LogP contribution in [0.3, 0.4) is 0 Å². The van der Waals surface area contributed by atoms with Crippen LogP contribution in [0.15, 0.2) is 0 Å². The lowest BCUT2D eigenvalue weighted by Gasteiger charge is -2.23. The summed E-state index contributed by atoms with van der Waals surface area (Å²) in [4.78, 5) is 20.5. The minimum Gasteiger partial charge on any atom is -0.481 e. The Labute approximate surface area is 140 Å². The van der Waals surface area contributed by atoms with E-state index in [0.29, 0.717) is 19.0 Å². The second-order valence-corrected chi connectivity index (χ2v) is 6.73. The highest BCUT2D eigenvalue weighted by atomic mass is 16.4. The molecule has 6 heteroatoms. The molecular weight excluding hydrogens is 296 g/mol. The fourth-order valence-electron chi connectivity index (χ4n) is 2.27. The molecule has 0 aromatic rings. The van der Waals surface area contributed by atoms with Crippen LogP contribution in [-0.4, -0.2) is 35.2 Å². The Morgan fingerprint density at radius 2 is 1.52 bits per heavy atom. The van der Waals surface area contributed by atoms with Gasteiger partial charge in [-0.15, -0.1) is 0 Å². The molecule has 0 amide bonds. The highest BCUT2D eigenvalue weighted by molar-refractivity contribution is 5.66. The topological polar surface area (TPSA) is 127 Å². The number of hydrogen-bond acceptors (Lipinski definition) is 4. The third-order valence-corrected chi connectivity index (χ3v) is 3.99. The van der Waals surface area contributed by atoms with Crippen molar-refractivity contribution < 1.29 is 19.8 Å². The van der Waals surface area contributed by atoms with Gasteiger partial charge in [0.05, 0.1) is 0 Å². The number of rotatable bonds is 12. The van der Waals surface area contributed by atoms with Crippen LogP contribution in [0.2, 0.25) is 0 Å². The molecule has 0 saturated carbocycles. The Balaban J connectivity index is 0. The average molecular weight is 332 g/mol. The molecule has 0 aromatic heterocycles. The van der Waals surface area contributed by atoms with E-state index in [1.165, 1.54) is 0 Å². The largest absolute Gasteiger partial charge is 0.481 e. The Hall–Kier alpha value is -1.14. The predicted octanol–water partition coefficient (Wildman–Crippen LogP) is 2.84. The summed E-state index contributed by atoms with van der Waals surface area (Å²) in [6.45, 7) is 7.61. The van der Waals surface area contributed by atoms with E-state index in [2.05, 4.69) is 20.8 Å². The Kier molecular flexibility index (Phi) is 15.2. The van der Waals surface area contributed by atoms with Crippen molar-refractivity contribution in [2.75, 3.05) is 13.1 Å². The highest BCUT2D eigenvalue weighted by Crippen LogP contribution is 2.27. The zero-order valence-corrected chi connectivity index (χ0v) is 15.0. The molecule has 0 aliphatic heterocycles. The summed E-state index contributed by atoms with van der Waals surface area (Å²) >= 11 is 0. The number of aliphatic carboxylic acids is 2. The Bertz CT molecular complexity index is 320. The fourth-order valence-corrected chi connectivity index (χ4v) is 2.27. The van der Waals surface area contributed by atoms with Gasteiger partial charge in [-0.2, -0.15) is 0 Å². The van der Waals surface area contributed by atoms with Crippen molar-refractivity contribution in [2.24, 2.45) is 22.8 Å². The van der Waals surface area contributed by atoms with Gasteiger partial charge in [0.2, 0.25) is 0 Å². The molecule has 0 aromatic carbocycles. The van der Waals surface area contributed by atoms with Gasteiger partial charge in [-0.3, -0.25) is 9.59 Å². The van der Waals surface area contributed by atoms with Crippen molar-refractivity contribution in [3.05, 3.63) is 0 Å². The first-order valence-electron chi connectivity index (χ1n) is 8.52. The number of carboxylic acids is 2. The van der Waals surface area contributed by atoms with E-state index in [4.69, 9.17) is 21.7 Å². The average Bonchev–Trinajstić information content (AvgIpc) is 2.48. The van der Waals surface area contributed by atoms with Crippen molar-refractivity contribution in [3.8, 4) is 0 Å². The molecule has 0 bridgehead atoms. The second-order valence-electron chi connectivity index (χ2n) is 6.73. The number of carboxylic acid groups (broad SMARTS) is 2. The smallest absolute Gasteiger partial charge is 0.303 e. The monoisotopic (exact) mass is 332 g/mol. The maximum Gasteiger partial charge on any atom is 0.303 e. The molecule has 0 fully saturated rings. The van der Waals surface area contributed by atoms with Crippen LogP contribution in [0.5, 0.6) is 0 Å². The van der Waals surface area contributed by atoms with E-state index in [1.54, 1.807) is 0 Å². The molecule has 138 valence electrons. The van der Waals surface area contributed by atoms with Crippen LogP contribution in [0, 0.1) is 11.3 Å². The lowest BCUT2D eigenvalue weighted by Crippen LogP contribution is -2.15. The van der Waals surface area contributed by atoms with Crippen LogP contribution in [0.1, 0.15) is 72.1 Å². The summed E-state index contributed by atoms with van der Waals surface area (Å²) in [5.41, 5.74) is 10.9. The minimum absolute atomic E-state index is 0.123. The first-order valence-corrected chi connectivity index (χ1v) is 8.52. The van der Waals surface area contributed by atoms with Gasteiger partial charge >= 0.3 is 11.9 Å². The normalized spacial score (nSPS) is 12.2. The van der Waals surface area contributed by atoms with Gasteiger partial charge in [-0.05, 0) is 56.5 Å². The summed E-state index contributed by atoms with van der Waals surface area (Å²) in [7, 11) is 0. The second kappa shape index (κ2) is 14.5. The molecule has 1 atom stereocenters. The van der Waals surface area contributed by atoms with Crippen LogP contribution < -0.4 is 11.5 Å². The molecule has 0 heterocycles. The first-order chi connectivity index (χ1) is 10.7. The van der Waals surface area contributed by atoms with E-state index < -0.39 is 11.9 Å². The van der Waals surface area contributed by atoms with Crippen LogP contribution in [0.4, 0.5) is 0 Å². The van der Waals surface area contributed by atoms with Crippen molar-refractivity contribution >= 4 is 11.9 Å². The molecule has 0 aliphatic rings. The first kappa shape index (κ1) is 24.1. The molecule has 0 spiro atoms. The molecule has 0 aliphatic carbocycles. The number of nitrogens with two attached hydrogens (primary N) is 2. The zero-order valence-electron chi connectivity index (χ0n) is 15.0. The molecule has 23 heavy (non-hydrogen) atoms.